The molecule has 5 heteroatoms. The molecule has 0 fully saturated rings. The summed E-state index contributed by atoms with van der Waals surface area (Å²) in [5, 5.41) is 9.25. The van der Waals surface area contributed by atoms with Gasteiger partial charge < -0.3 is 15.3 Å². The van der Waals surface area contributed by atoms with Crippen LogP contribution in [0.3, 0.4) is 0 Å². The van der Waals surface area contributed by atoms with Crippen LogP contribution in [0.5, 0.6) is 5.75 Å². The van der Waals surface area contributed by atoms with Crippen molar-refractivity contribution in [3.05, 3.63) is 23.8 Å². The van der Waals surface area contributed by atoms with Gasteiger partial charge in [0.1, 0.15) is 5.75 Å². The second-order valence-electron chi connectivity index (χ2n) is 2.60. The van der Waals surface area contributed by atoms with Crippen LogP contribution in [0.1, 0.15) is 17.3 Å². The number of carbonyl (C=O) groups excluding carboxylic acids is 1. The fourth-order valence-corrected chi connectivity index (χ4v) is 0.993. The number of ether oxygens (including phenoxy) is 1. The molecule has 0 heterocycles. The lowest BCUT2D eigenvalue weighted by atomic mass is 10.2. The molecule has 0 saturated carbocycles. The molecule has 0 aliphatic carbocycles. The second-order valence-corrected chi connectivity index (χ2v) is 2.60. The summed E-state index contributed by atoms with van der Waals surface area (Å²) >= 11 is 0. The van der Waals surface area contributed by atoms with E-state index >= 15 is 0 Å². The minimum Gasteiger partial charge on any atom is -0.506 e. The van der Waals surface area contributed by atoms with Crippen LogP contribution in [-0.4, -0.2) is 17.7 Å². The normalized spacial score (nSPS) is 9.57. The summed E-state index contributed by atoms with van der Waals surface area (Å²) in [7, 11) is 0. The Hall–Kier alpha value is -1.75. The molecule has 0 amide bonds. The van der Waals surface area contributed by atoms with Gasteiger partial charge in [0.2, 0.25) is 0 Å². The highest BCUT2D eigenvalue weighted by Gasteiger charge is 2.08. The number of phenols is 1. The van der Waals surface area contributed by atoms with E-state index in [-0.39, 0.29) is 11.4 Å². The van der Waals surface area contributed by atoms with Gasteiger partial charge in [0, 0.05) is 0 Å². The Morgan fingerprint density at radius 1 is 1.64 bits per heavy atom. The van der Waals surface area contributed by atoms with Crippen molar-refractivity contribution in [2.75, 3.05) is 12.0 Å². The van der Waals surface area contributed by atoms with Crippen LogP contribution in [0.4, 0.5) is 5.69 Å². The second kappa shape index (κ2) is 4.48. The standard InChI is InChI=1S/C9H12N2O3/c1-2-14-9(13)6-3-4-8(12)7(5-6)11-10/h3-5,11-12H,2,10H2,1H3. The smallest absolute Gasteiger partial charge is 0.338 e. The quantitative estimate of drug-likeness (QED) is 0.289. The zero-order chi connectivity index (χ0) is 10.6. The van der Waals surface area contributed by atoms with Crippen LogP contribution in [0.25, 0.3) is 0 Å². The maximum absolute atomic E-state index is 11.3. The Morgan fingerprint density at radius 2 is 2.36 bits per heavy atom. The summed E-state index contributed by atoms with van der Waals surface area (Å²) in [6.45, 7) is 2.03. The Morgan fingerprint density at radius 3 is 2.93 bits per heavy atom. The monoisotopic (exact) mass is 196 g/mol. The van der Waals surface area contributed by atoms with Crippen molar-refractivity contribution < 1.29 is 14.6 Å². The summed E-state index contributed by atoms with van der Waals surface area (Å²) in [5.41, 5.74) is 2.91. The molecular weight excluding hydrogens is 184 g/mol. The number of rotatable bonds is 3. The van der Waals surface area contributed by atoms with Crippen molar-refractivity contribution in [2.24, 2.45) is 5.84 Å². The lowest BCUT2D eigenvalue weighted by molar-refractivity contribution is 0.0526. The summed E-state index contributed by atoms with van der Waals surface area (Å²) in [6, 6.07) is 4.27. The Kier molecular flexibility index (Phi) is 3.30. The summed E-state index contributed by atoms with van der Waals surface area (Å²) in [5.74, 6) is 4.68. The van der Waals surface area contributed by atoms with E-state index < -0.39 is 5.97 Å². The number of hydrogen-bond donors (Lipinski definition) is 3. The number of nitrogens with one attached hydrogen (secondary N) is 1. The van der Waals surface area contributed by atoms with Gasteiger partial charge in [-0.15, -0.1) is 0 Å². The van der Waals surface area contributed by atoms with Gasteiger partial charge in [0.05, 0.1) is 17.9 Å². The molecule has 1 aromatic rings. The number of carbonyl (C=O) groups is 1. The maximum atomic E-state index is 11.3. The highest BCUT2D eigenvalue weighted by atomic mass is 16.5. The molecule has 0 aliphatic rings. The van der Waals surface area contributed by atoms with Gasteiger partial charge in [-0.25, -0.2) is 4.79 Å². The van der Waals surface area contributed by atoms with E-state index in [1.807, 2.05) is 0 Å². The van der Waals surface area contributed by atoms with Crippen molar-refractivity contribution >= 4 is 11.7 Å². The summed E-state index contributed by atoms with van der Waals surface area (Å²) in [6.07, 6.45) is 0. The highest BCUT2D eigenvalue weighted by Crippen LogP contribution is 2.23. The lowest BCUT2D eigenvalue weighted by Gasteiger charge is -2.06. The molecule has 0 unspecified atom stereocenters. The van der Waals surface area contributed by atoms with E-state index in [0.29, 0.717) is 12.2 Å². The first-order valence-electron chi connectivity index (χ1n) is 4.15. The Labute approximate surface area is 81.5 Å². The van der Waals surface area contributed by atoms with E-state index in [9.17, 15) is 9.90 Å². The van der Waals surface area contributed by atoms with Crippen molar-refractivity contribution in [1.29, 1.82) is 0 Å². The van der Waals surface area contributed by atoms with Crippen LogP contribution >= 0.6 is 0 Å². The van der Waals surface area contributed by atoms with E-state index in [2.05, 4.69) is 5.43 Å². The molecule has 1 rings (SSSR count). The average molecular weight is 196 g/mol. The van der Waals surface area contributed by atoms with E-state index in [1.54, 1.807) is 6.92 Å². The number of aromatic hydroxyl groups is 1. The molecule has 0 aromatic heterocycles. The van der Waals surface area contributed by atoms with Gasteiger partial charge in [0.15, 0.2) is 0 Å². The van der Waals surface area contributed by atoms with Gasteiger partial charge >= 0.3 is 5.97 Å². The minimum atomic E-state index is -0.441. The van der Waals surface area contributed by atoms with Crippen LogP contribution < -0.4 is 11.3 Å². The first kappa shape index (κ1) is 10.3. The number of anilines is 1. The third-order valence-electron chi connectivity index (χ3n) is 1.66. The number of phenolic OH excluding ortho intramolecular Hbond substituents is 1. The van der Waals surface area contributed by atoms with E-state index in [0.717, 1.165) is 0 Å². The number of esters is 1. The molecule has 5 nitrogen and oxygen atoms in total. The Bertz CT molecular complexity index is 339. The average Bonchev–Trinajstić information content (AvgIpc) is 2.19. The Balaban J connectivity index is 2.94. The molecule has 1 aromatic carbocycles. The summed E-state index contributed by atoms with van der Waals surface area (Å²) in [4.78, 5) is 11.3. The number of hydrogen-bond acceptors (Lipinski definition) is 5. The predicted octanol–water partition coefficient (Wildman–Crippen LogP) is 0.855. The molecule has 0 bridgehead atoms. The molecule has 0 atom stereocenters. The zero-order valence-corrected chi connectivity index (χ0v) is 7.78. The molecule has 0 spiro atoms. The number of nitrogen functional groups attached to an aromatic ring is 1. The van der Waals surface area contributed by atoms with Gasteiger partial charge in [-0.05, 0) is 25.1 Å². The number of benzene rings is 1. The van der Waals surface area contributed by atoms with Crippen LogP contribution in [0.15, 0.2) is 18.2 Å². The molecule has 0 saturated heterocycles. The van der Waals surface area contributed by atoms with E-state index in [4.69, 9.17) is 10.6 Å². The lowest BCUT2D eigenvalue weighted by Crippen LogP contribution is -2.09. The third-order valence-corrected chi connectivity index (χ3v) is 1.66. The van der Waals surface area contributed by atoms with Crippen LogP contribution in [0.2, 0.25) is 0 Å². The minimum absolute atomic E-state index is 0.0134. The number of hydrazine groups is 1. The fraction of sp³-hybridized carbons (Fsp3) is 0.222. The maximum Gasteiger partial charge on any atom is 0.338 e. The van der Waals surface area contributed by atoms with Crippen LogP contribution in [0, 0.1) is 0 Å². The third kappa shape index (κ3) is 2.14. The molecule has 4 N–H and O–H groups in total. The number of nitrogens with two attached hydrogens (primary N) is 1. The molecule has 14 heavy (non-hydrogen) atoms. The van der Waals surface area contributed by atoms with Crippen molar-refractivity contribution in [3.63, 3.8) is 0 Å². The van der Waals surface area contributed by atoms with E-state index in [1.165, 1.54) is 18.2 Å². The van der Waals surface area contributed by atoms with Crippen molar-refractivity contribution in [1.82, 2.24) is 0 Å². The first-order valence-corrected chi connectivity index (χ1v) is 4.15. The highest BCUT2D eigenvalue weighted by molar-refractivity contribution is 5.91. The predicted molar refractivity (Wildman–Crippen MR) is 51.9 cm³/mol. The largest absolute Gasteiger partial charge is 0.506 e. The topological polar surface area (TPSA) is 84.6 Å². The van der Waals surface area contributed by atoms with Crippen molar-refractivity contribution in [2.45, 2.75) is 6.92 Å². The van der Waals surface area contributed by atoms with Crippen molar-refractivity contribution in [3.8, 4) is 5.75 Å². The molecule has 76 valence electrons. The van der Waals surface area contributed by atoms with Gasteiger partial charge in [-0.3, -0.25) is 5.84 Å². The van der Waals surface area contributed by atoms with Gasteiger partial charge in [0.25, 0.3) is 0 Å². The summed E-state index contributed by atoms with van der Waals surface area (Å²) < 4.78 is 4.78. The molecular formula is C9H12N2O3. The zero-order valence-electron chi connectivity index (χ0n) is 7.78. The molecule has 0 radical (unpaired) electrons. The first-order chi connectivity index (χ1) is 6.69. The van der Waals surface area contributed by atoms with Crippen LogP contribution in [-0.2, 0) is 4.74 Å². The van der Waals surface area contributed by atoms with Gasteiger partial charge in [-0.2, -0.15) is 0 Å². The van der Waals surface area contributed by atoms with Gasteiger partial charge in [-0.1, -0.05) is 0 Å². The molecule has 0 aliphatic heterocycles. The fourth-order valence-electron chi connectivity index (χ4n) is 0.993. The SMILES string of the molecule is CCOC(=O)c1ccc(O)c(NN)c1.